The van der Waals surface area contributed by atoms with Gasteiger partial charge < -0.3 is 14.8 Å². The summed E-state index contributed by atoms with van der Waals surface area (Å²) in [5, 5.41) is 3.49. The summed E-state index contributed by atoms with van der Waals surface area (Å²) in [6.07, 6.45) is 1.13. The minimum atomic E-state index is -1.01. The van der Waals surface area contributed by atoms with Gasteiger partial charge in [0.2, 0.25) is 0 Å². The molecule has 0 saturated carbocycles. The van der Waals surface area contributed by atoms with Crippen LogP contribution in [0.4, 0.5) is 4.39 Å². The minimum Gasteiger partial charge on any atom is -0.486 e. The van der Waals surface area contributed by atoms with E-state index in [-0.39, 0.29) is 5.54 Å². The molecule has 0 aromatic heterocycles. The summed E-state index contributed by atoms with van der Waals surface area (Å²) in [6, 6.07) is 3.76. The SMILES string of the molecule is CC(F)c1cc2c(cc1C1(C)CCCN1)OCCO2. The molecule has 0 radical (unpaired) electrons. The van der Waals surface area contributed by atoms with Crippen LogP contribution in [0.1, 0.15) is 44.0 Å². The molecule has 3 nitrogen and oxygen atoms in total. The number of alkyl halides is 1. The molecule has 1 saturated heterocycles. The second-order valence-electron chi connectivity index (χ2n) is 5.56. The minimum absolute atomic E-state index is 0.161. The lowest BCUT2D eigenvalue weighted by atomic mass is 9.85. The maximum absolute atomic E-state index is 14.0. The van der Waals surface area contributed by atoms with Crippen LogP contribution in [0.25, 0.3) is 0 Å². The van der Waals surface area contributed by atoms with Crippen molar-refractivity contribution in [2.75, 3.05) is 19.8 Å². The van der Waals surface area contributed by atoms with Gasteiger partial charge in [-0.3, -0.25) is 0 Å². The molecule has 1 aromatic carbocycles. The predicted octanol–water partition coefficient (Wildman–Crippen LogP) is 3.09. The van der Waals surface area contributed by atoms with E-state index in [9.17, 15) is 4.39 Å². The third-order valence-corrected chi connectivity index (χ3v) is 4.11. The van der Waals surface area contributed by atoms with Crippen LogP contribution < -0.4 is 14.8 Å². The standard InChI is InChI=1S/C15H20FNO2/c1-10(16)11-8-13-14(19-7-6-18-13)9-12(11)15(2)4-3-5-17-15/h8-10,17H,3-7H2,1-2H3. The Labute approximate surface area is 113 Å². The average Bonchev–Trinajstić information content (AvgIpc) is 2.85. The van der Waals surface area contributed by atoms with Gasteiger partial charge in [-0.1, -0.05) is 0 Å². The van der Waals surface area contributed by atoms with Crippen LogP contribution in [0.5, 0.6) is 11.5 Å². The van der Waals surface area contributed by atoms with Gasteiger partial charge in [-0.05, 0) is 56.5 Å². The van der Waals surface area contributed by atoms with E-state index in [4.69, 9.17) is 9.47 Å². The largest absolute Gasteiger partial charge is 0.486 e. The van der Waals surface area contributed by atoms with E-state index < -0.39 is 6.17 Å². The van der Waals surface area contributed by atoms with Crippen LogP contribution in [-0.2, 0) is 5.54 Å². The Morgan fingerprint density at radius 2 is 1.95 bits per heavy atom. The number of hydrogen-bond donors (Lipinski definition) is 1. The third-order valence-electron chi connectivity index (χ3n) is 4.11. The highest BCUT2D eigenvalue weighted by atomic mass is 19.1. The first kappa shape index (κ1) is 12.7. The maximum atomic E-state index is 14.0. The van der Waals surface area contributed by atoms with Gasteiger partial charge in [0.15, 0.2) is 11.5 Å². The molecule has 2 aliphatic heterocycles. The quantitative estimate of drug-likeness (QED) is 0.891. The van der Waals surface area contributed by atoms with Crippen LogP contribution in [0.2, 0.25) is 0 Å². The second kappa shape index (κ2) is 4.67. The number of rotatable bonds is 2. The van der Waals surface area contributed by atoms with Gasteiger partial charge in [-0.15, -0.1) is 0 Å². The highest BCUT2D eigenvalue weighted by Gasteiger charge is 2.34. The molecule has 3 rings (SSSR count). The Bertz CT molecular complexity index is 481. The lowest BCUT2D eigenvalue weighted by molar-refractivity contribution is 0.170. The average molecular weight is 265 g/mol. The van der Waals surface area contributed by atoms with Crippen LogP contribution in [0.3, 0.4) is 0 Å². The molecule has 0 bridgehead atoms. The topological polar surface area (TPSA) is 30.5 Å². The molecule has 104 valence electrons. The fourth-order valence-electron chi connectivity index (χ4n) is 3.04. The molecule has 0 spiro atoms. The normalized spacial score (nSPS) is 27.3. The summed E-state index contributed by atoms with van der Waals surface area (Å²) in [6.45, 7) is 5.78. The second-order valence-corrected chi connectivity index (χ2v) is 5.56. The van der Waals surface area contributed by atoms with Crippen LogP contribution in [0, 0.1) is 0 Å². The van der Waals surface area contributed by atoms with Crippen molar-refractivity contribution >= 4 is 0 Å². The van der Waals surface area contributed by atoms with Gasteiger partial charge in [-0.25, -0.2) is 4.39 Å². The van der Waals surface area contributed by atoms with Gasteiger partial charge in [-0.2, -0.15) is 0 Å². The van der Waals surface area contributed by atoms with Crippen LogP contribution >= 0.6 is 0 Å². The summed E-state index contributed by atoms with van der Waals surface area (Å²) in [7, 11) is 0. The Morgan fingerprint density at radius 3 is 2.53 bits per heavy atom. The van der Waals surface area contributed by atoms with Crippen molar-refractivity contribution in [1.82, 2.24) is 5.32 Å². The van der Waals surface area contributed by atoms with Crippen LogP contribution in [0.15, 0.2) is 12.1 Å². The highest BCUT2D eigenvalue weighted by molar-refractivity contribution is 5.51. The van der Waals surface area contributed by atoms with E-state index in [1.807, 2.05) is 6.07 Å². The summed E-state index contributed by atoms with van der Waals surface area (Å²) in [4.78, 5) is 0. The van der Waals surface area contributed by atoms with Gasteiger partial charge in [0.25, 0.3) is 0 Å². The first-order valence-corrected chi connectivity index (χ1v) is 6.93. The summed E-state index contributed by atoms with van der Waals surface area (Å²) in [5.41, 5.74) is 1.55. The third kappa shape index (κ3) is 2.18. The van der Waals surface area contributed by atoms with E-state index in [2.05, 4.69) is 12.2 Å². The molecule has 1 aromatic rings. The molecule has 4 heteroatoms. The smallest absolute Gasteiger partial charge is 0.161 e. The van der Waals surface area contributed by atoms with Crippen molar-refractivity contribution in [3.05, 3.63) is 23.3 Å². The van der Waals surface area contributed by atoms with Gasteiger partial charge in [0.1, 0.15) is 19.4 Å². The van der Waals surface area contributed by atoms with Gasteiger partial charge >= 0.3 is 0 Å². The number of nitrogens with one attached hydrogen (secondary N) is 1. The molecular formula is C15H20FNO2. The molecule has 0 aliphatic carbocycles. The molecule has 2 aliphatic rings. The van der Waals surface area contributed by atoms with Crippen LogP contribution in [-0.4, -0.2) is 19.8 Å². The van der Waals surface area contributed by atoms with Crippen molar-refractivity contribution in [1.29, 1.82) is 0 Å². The Balaban J connectivity index is 2.10. The van der Waals surface area contributed by atoms with Crippen molar-refractivity contribution in [3.8, 4) is 11.5 Å². The number of halogens is 1. The first-order chi connectivity index (χ1) is 9.10. The van der Waals surface area contributed by atoms with E-state index in [0.29, 0.717) is 24.5 Å². The van der Waals surface area contributed by atoms with Crippen molar-refractivity contribution in [2.45, 2.75) is 38.4 Å². The molecule has 0 amide bonds. The van der Waals surface area contributed by atoms with E-state index >= 15 is 0 Å². The summed E-state index contributed by atoms with van der Waals surface area (Å²) in [5.74, 6) is 1.40. The zero-order chi connectivity index (χ0) is 13.5. The predicted molar refractivity (Wildman–Crippen MR) is 71.5 cm³/mol. The van der Waals surface area contributed by atoms with Crippen molar-refractivity contribution in [3.63, 3.8) is 0 Å². The Kier molecular flexibility index (Phi) is 3.13. The molecule has 2 atom stereocenters. The Morgan fingerprint density at radius 1 is 1.26 bits per heavy atom. The lowest BCUT2D eigenvalue weighted by Gasteiger charge is -2.30. The lowest BCUT2D eigenvalue weighted by Crippen LogP contribution is -2.34. The Hall–Kier alpha value is -1.29. The fraction of sp³-hybridized carbons (Fsp3) is 0.600. The zero-order valence-corrected chi connectivity index (χ0v) is 11.5. The fourth-order valence-corrected chi connectivity index (χ4v) is 3.04. The molecular weight excluding hydrogens is 245 g/mol. The highest BCUT2D eigenvalue weighted by Crippen LogP contribution is 2.42. The number of ether oxygens (including phenoxy) is 2. The number of fused-ring (bicyclic) bond motifs is 1. The molecule has 2 heterocycles. The summed E-state index contributed by atoms with van der Waals surface area (Å²) < 4.78 is 25.1. The first-order valence-electron chi connectivity index (χ1n) is 6.93. The number of benzene rings is 1. The molecule has 19 heavy (non-hydrogen) atoms. The monoisotopic (exact) mass is 265 g/mol. The molecule has 1 fully saturated rings. The number of hydrogen-bond acceptors (Lipinski definition) is 3. The van der Waals surface area contributed by atoms with E-state index in [1.54, 1.807) is 13.0 Å². The molecule has 2 unspecified atom stereocenters. The zero-order valence-electron chi connectivity index (χ0n) is 11.5. The van der Waals surface area contributed by atoms with Gasteiger partial charge in [0.05, 0.1) is 0 Å². The van der Waals surface area contributed by atoms with Crippen molar-refractivity contribution < 1.29 is 13.9 Å². The van der Waals surface area contributed by atoms with Gasteiger partial charge in [0, 0.05) is 5.54 Å². The van der Waals surface area contributed by atoms with E-state index in [0.717, 1.165) is 30.7 Å². The van der Waals surface area contributed by atoms with Crippen molar-refractivity contribution in [2.24, 2.45) is 0 Å². The summed E-state index contributed by atoms with van der Waals surface area (Å²) >= 11 is 0. The maximum Gasteiger partial charge on any atom is 0.161 e. The molecule has 1 N–H and O–H groups in total. The van der Waals surface area contributed by atoms with E-state index in [1.165, 1.54) is 0 Å².